The highest BCUT2D eigenvalue weighted by molar-refractivity contribution is 7.91. The van der Waals surface area contributed by atoms with Crippen LogP contribution in [0, 0.1) is 0 Å². The predicted molar refractivity (Wildman–Crippen MR) is 56.0 cm³/mol. The molecule has 1 saturated heterocycles. The van der Waals surface area contributed by atoms with Crippen LogP contribution in [-0.4, -0.2) is 55.2 Å². The van der Waals surface area contributed by atoms with Crippen LogP contribution in [-0.2, 0) is 9.84 Å². The maximum atomic E-state index is 11.2. The lowest BCUT2D eigenvalue weighted by Gasteiger charge is -2.41. The number of rotatable bonds is 3. The molecule has 0 amide bonds. The fourth-order valence-corrected chi connectivity index (χ4v) is 2.89. The van der Waals surface area contributed by atoms with E-state index in [4.69, 9.17) is 0 Å². The largest absolute Gasteiger partial charge is 0.394 e. The molecule has 5 heteroatoms. The number of nitrogens with zero attached hydrogens (tertiary/aromatic N) is 1. The minimum Gasteiger partial charge on any atom is -0.394 e. The normalized spacial score (nSPS) is 27.1. The van der Waals surface area contributed by atoms with Gasteiger partial charge in [0.15, 0.2) is 9.84 Å². The Bertz CT molecular complexity index is 268. The van der Waals surface area contributed by atoms with E-state index in [9.17, 15) is 13.5 Å². The van der Waals surface area contributed by atoms with Crippen LogP contribution in [0.25, 0.3) is 0 Å². The first kappa shape index (κ1) is 11.9. The molecular formula is C9H19NO3S. The third-order valence-corrected chi connectivity index (χ3v) is 4.82. The van der Waals surface area contributed by atoms with Gasteiger partial charge in [0, 0.05) is 18.6 Å². The maximum Gasteiger partial charge on any atom is 0.152 e. The summed E-state index contributed by atoms with van der Waals surface area (Å²) in [5, 5.41) is 9.28. The van der Waals surface area contributed by atoms with Gasteiger partial charge < -0.3 is 5.11 Å². The van der Waals surface area contributed by atoms with Gasteiger partial charge in [0.25, 0.3) is 0 Å². The van der Waals surface area contributed by atoms with Crippen molar-refractivity contribution in [3.8, 4) is 0 Å². The summed E-state index contributed by atoms with van der Waals surface area (Å²) in [4.78, 5) is 2.08. The average molecular weight is 221 g/mol. The van der Waals surface area contributed by atoms with Crippen molar-refractivity contribution in [1.82, 2.24) is 4.90 Å². The van der Waals surface area contributed by atoms with Gasteiger partial charge in [-0.15, -0.1) is 0 Å². The summed E-state index contributed by atoms with van der Waals surface area (Å²) >= 11 is 0. The fraction of sp³-hybridized carbons (Fsp3) is 1.00. The molecule has 1 atom stereocenters. The quantitative estimate of drug-likeness (QED) is 0.722. The summed E-state index contributed by atoms with van der Waals surface area (Å²) in [5.74, 6) is 0.450. The molecule has 0 bridgehead atoms. The fourth-order valence-electron chi connectivity index (χ4n) is 1.69. The van der Waals surface area contributed by atoms with Crippen molar-refractivity contribution in [2.24, 2.45) is 0 Å². The van der Waals surface area contributed by atoms with E-state index >= 15 is 0 Å². The van der Waals surface area contributed by atoms with Crippen molar-refractivity contribution in [1.29, 1.82) is 0 Å². The molecule has 1 N–H and O–H groups in total. The molecule has 1 unspecified atom stereocenters. The van der Waals surface area contributed by atoms with Crippen molar-refractivity contribution in [3.05, 3.63) is 0 Å². The van der Waals surface area contributed by atoms with Gasteiger partial charge >= 0.3 is 0 Å². The molecular weight excluding hydrogens is 202 g/mol. The molecule has 0 aromatic rings. The Labute approximate surface area is 85.8 Å². The van der Waals surface area contributed by atoms with Crippen LogP contribution in [0.3, 0.4) is 0 Å². The SMILES string of the molecule is CCC(C)(CO)N1CCS(=O)(=O)CC1. The van der Waals surface area contributed by atoms with E-state index < -0.39 is 9.84 Å². The second-order valence-electron chi connectivity index (χ2n) is 4.15. The molecule has 1 rings (SSSR count). The van der Waals surface area contributed by atoms with Crippen LogP contribution in [0.2, 0.25) is 0 Å². The van der Waals surface area contributed by atoms with Gasteiger partial charge in [-0.25, -0.2) is 8.42 Å². The Morgan fingerprint density at radius 1 is 1.36 bits per heavy atom. The van der Waals surface area contributed by atoms with Crippen molar-refractivity contribution in [2.75, 3.05) is 31.2 Å². The van der Waals surface area contributed by atoms with Gasteiger partial charge in [0.1, 0.15) is 0 Å². The Balaban J connectivity index is 2.65. The van der Waals surface area contributed by atoms with Crippen molar-refractivity contribution in [2.45, 2.75) is 25.8 Å². The molecule has 0 aromatic heterocycles. The molecule has 84 valence electrons. The van der Waals surface area contributed by atoms with E-state index in [0.717, 1.165) is 6.42 Å². The van der Waals surface area contributed by atoms with Crippen LogP contribution in [0.15, 0.2) is 0 Å². The number of hydrogen-bond donors (Lipinski definition) is 1. The Hall–Kier alpha value is -0.130. The Kier molecular flexibility index (Phi) is 3.55. The molecule has 0 aliphatic carbocycles. The van der Waals surface area contributed by atoms with Crippen molar-refractivity contribution < 1.29 is 13.5 Å². The average Bonchev–Trinajstić information content (AvgIpc) is 2.16. The van der Waals surface area contributed by atoms with E-state index in [1.54, 1.807) is 0 Å². The summed E-state index contributed by atoms with van der Waals surface area (Å²) in [6, 6.07) is 0. The van der Waals surface area contributed by atoms with Gasteiger partial charge in [-0.1, -0.05) is 6.92 Å². The molecule has 4 nitrogen and oxygen atoms in total. The first-order valence-electron chi connectivity index (χ1n) is 5.00. The van der Waals surface area contributed by atoms with E-state index in [2.05, 4.69) is 4.90 Å². The summed E-state index contributed by atoms with van der Waals surface area (Å²) in [5.41, 5.74) is -0.254. The third-order valence-electron chi connectivity index (χ3n) is 3.21. The molecule has 1 heterocycles. The summed E-state index contributed by atoms with van der Waals surface area (Å²) in [6.07, 6.45) is 0.837. The second kappa shape index (κ2) is 4.16. The topological polar surface area (TPSA) is 57.6 Å². The van der Waals surface area contributed by atoms with Gasteiger partial charge in [-0.05, 0) is 13.3 Å². The number of sulfone groups is 1. The standard InChI is InChI=1S/C9H19NO3S/c1-3-9(2,8-11)10-4-6-14(12,13)7-5-10/h11H,3-8H2,1-2H3. The van der Waals surface area contributed by atoms with Gasteiger partial charge in [-0.3, -0.25) is 4.90 Å². The lowest BCUT2D eigenvalue weighted by molar-refractivity contribution is 0.0464. The summed E-state index contributed by atoms with van der Waals surface area (Å²) in [7, 11) is -2.82. The van der Waals surface area contributed by atoms with Crippen LogP contribution in [0.4, 0.5) is 0 Å². The Morgan fingerprint density at radius 3 is 2.21 bits per heavy atom. The molecule has 1 aliphatic rings. The minimum atomic E-state index is -2.82. The first-order valence-corrected chi connectivity index (χ1v) is 6.82. The van der Waals surface area contributed by atoms with E-state index in [1.165, 1.54) is 0 Å². The number of aliphatic hydroxyl groups is 1. The van der Waals surface area contributed by atoms with Crippen LogP contribution in [0.1, 0.15) is 20.3 Å². The highest BCUT2D eigenvalue weighted by atomic mass is 32.2. The maximum absolute atomic E-state index is 11.2. The molecule has 14 heavy (non-hydrogen) atoms. The molecule has 0 radical (unpaired) electrons. The van der Waals surface area contributed by atoms with Gasteiger partial charge in [-0.2, -0.15) is 0 Å². The number of hydrogen-bond acceptors (Lipinski definition) is 4. The van der Waals surface area contributed by atoms with E-state index in [0.29, 0.717) is 13.1 Å². The molecule has 0 saturated carbocycles. The zero-order valence-corrected chi connectivity index (χ0v) is 9.68. The predicted octanol–water partition coefficient (Wildman–Crippen LogP) is -0.122. The van der Waals surface area contributed by atoms with Gasteiger partial charge in [0.2, 0.25) is 0 Å². The zero-order valence-electron chi connectivity index (χ0n) is 8.86. The lowest BCUT2D eigenvalue weighted by atomic mass is 9.97. The minimum absolute atomic E-state index is 0.0869. The van der Waals surface area contributed by atoms with Crippen LogP contribution < -0.4 is 0 Å². The molecule has 0 spiro atoms. The molecule has 0 aromatic carbocycles. The van der Waals surface area contributed by atoms with E-state index in [-0.39, 0.29) is 23.7 Å². The lowest BCUT2D eigenvalue weighted by Crippen LogP contribution is -2.54. The van der Waals surface area contributed by atoms with Crippen LogP contribution >= 0.6 is 0 Å². The summed E-state index contributed by atoms with van der Waals surface area (Å²) < 4.78 is 22.4. The first-order chi connectivity index (χ1) is 6.43. The molecule has 1 fully saturated rings. The third kappa shape index (κ3) is 2.46. The smallest absolute Gasteiger partial charge is 0.152 e. The summed E-state index contributed by atoms with van der Waals surface area (Å²) in [6.45, 7) is 5.17. The van der Waals surface area contributed by atoms with Crippen molar-refractivity contribution >= 4 is 9.84 Å². The Morgan fingerprint density at radius 2 is 1.86 bits per heavy atom. The highest BCUT2D eigenvalue weighted by Crippen LogP contribution is 2.21. The molecule has 1 aliphatic heterocycles. The van der Waals surface area contributed by atoms with Crippen LogP contribution in [0.5, 0.6) is 0 Å². The van der Waals surface area contributed by atoms with E-state index in [1.807, 2.05) is 13.8 Å². The second-order valence-corrected chi connectivity index (χ2v) is 6.45. The monoisotopic (exact) mass is 221 g/mol. The number of aliphatic hydroxyl groups excluding tert-OH is 1. The zero-order chi connectivity index (χ0) is 10.8. The highest BCUT2D eigenvalue weighted by Gasteiger charge is 2.33. The van der Waals surface area contributed by atoms with Gasteiger partial charge in [0.05, 0.1) is 18.1 Å². The van der Waals surface area contributed by atoms with Crippen molar-refractivity contribution in [3.63, 3.8) is 0 Å².